The van der Waals surface area contributed by atoms with E-state index in [2.05, 4.69) is 15.8 Å². The van der Waals surface area contributed by atoms with Crippen LogP contribution >= 0.6 is 0 Å². The largest absolute Gasteiger partial charge is 0.484 e. The number of ether oxygens (including phenoxy) is 1. The van der Waals surface area contributed by atoms with Crippen molar-refractivity contribution in [1.82, 2.24) is 10.7 Å². The van der Waals surface area contributed by atoms with Gasteiger partial charge in [0.15, 0.2) is 6.61 Å². The number of hydrazone groups is 1. The van der Waals surface area contributed by atoms with Crippen molar-refractivity contribution in [3.05, 3.63) is 54.5 Å². The molecule has 2 N–H and O–H groups in total. The van der Waals surface area contributed by atoms with Crippen LogP contribution in [0.25, 0.3) is 0 Å². The summed E-state index contributed by atoms with van der Waals surface area (Å²) in [6, 6.07) is 12.3. The van der Waals surface area contributed by atoms with Gasteiger partial charge in [-0.2, -0.15) is 5.10 Å². The number of furan rings is 1. The lowest BCUT2D eigenvalue weighted by Crippen LogP contribution is -2.37. The third-order valence-corrected chi connectivity index (χ3v) is 2.48. The van der Waals surface area contributed by atoms with Crippen molar-refractivity contribution in [3.8, 4) is 5.75 Å². The van der Waals surface area contributed by atoms with Gasteiger partial charge >= 0.3 is 0 Å². The maximum Gasteiger partial charge on any atom is 0.259 e. The summed E-state index contributed by atoms with van der Waals surface area (Å²) in [5.74, 6) is 0.260. The van der Waals surface area contributed by atoms with Gasteiger partial charge in [0.05, 0.1) is 19.0 Å². The van der Waals surface area contributed by atoms with Crippen molar-refractivity contribution in [3.63, 3.8) is 0 Å². The van der Waals surface area contributed by atoms with Crippen LogP contribution in [0.4, 0.5) is 0 Å². The number of hydrogen-bond donors (Lipinski definition) is 2. The van der Waals surface area contributed by atoms with Gasteiger partial charge in [0.25, 0.3) is 11.8 Å². The molecule has 0 aliphatic carbocycles. The number of carbonyl (C=O) groups excluding carboxylic acids is 2. The lowest BCUT2D eigenvalue weighted by Gasteiger charge is -2.06. The molecule has 2 rings (SSSR count). The fraction of sp³-hybridized carbons (Fsp3) is 0.133. The van der Waals surface area contributed by atoms with Gasteiger partial charge in [-0.3, -0.25) is 9.59 Å². The van der Waals surface area contributed by atoms with Gasteiger partial charge in [0.2, 0.25) is 0 Å². The minimum Gasteiger partial charge on any atom is -0.484 e. The number of carbonyl (C=O) groups is 2. The molecular formula is C15H15N3O4. The first-order valence-corrected chi connectivity index (χ1v) is 6.54. The predicted octanol–water partition coefficient (Wildman–Crippen LogP) is 0.925. The van der Waals surface area contributed by atoms with Crippen molar-refractivity contribution in [1.29, 1.82) is 0 Å². The van der Waals surface area contributed by atoms with E-state index in [-0.39, 0.29) is 13.2 Å². The van der Waals surface area contributed by atoms with E-state index in [0.29, 0.717) is 11.5 Å². The molecule has 0 aliphatic rings. The summed E-state index contributed by atoms with van der Waals surface area (Å²) < 4.78 is 10.2. The average molecular weight is 301 g/mol. The van der Waals surface area contributed by atoms with Gasteiger partial charge in [0.1, 0.15) is 11.5 Å². The molecule has 22 heavy (non-hydrogen) atoms. The minimum absolute atomic E-state index is 0.160. The van der Waals surface area contributed by atoms with E-state index in [4.69, 9.17) is 9.15 Å². The minimum atomic E-state index is -0.448. The molecule has 1 heterocycles. The first-order valence-electron chi connectivity index (χ1n) is 6.54. The highest BCUT2D eigenvalue weighted by molar-refractivity contribution is 5.86. The predicted molar refractivity (Wildman–Crippen MR) is 79.4 cm³/mol. The quantitative estimate of drug-likeness (QED) is 0.587. The Hall–Kier alpha value is -3.09. The van der Waals surface area contributed by atoms with E-state index in [0.717, 1.165) is 0 Å². The van der Waals surface area contributed by atoms with Crippen molar-refractivity contribution >= 4 is 18.0 Å². The summed E-state index contributed by atoms with van der Waals surface area (Å²) in [6.45, 7) is -0.348. The summed E-state index contributed by atoms with van der Waals surface area (Å²) in [4.78, 5) is 23.0. The zero-order valence-electron chi connectivity index (χ0n) is 11.7. The molecule has 0 fully saturated rings. The Morgan fingerprint density at radius 2 is 1.95 bits per heavy atom. The van der Waals surface area contributed by atoms with E-state index in [1.807, 2.05) is 6.07 Å². The molecule has 7 heteroatoms. The van der Waals surface area contributed by atoms with Crippen LogP contribution in [0.15, 0.2) is 58.2 Å². The standard InChI is InChI=1S/C15H15N3O4/c19-14(18-17-9-13-7-4-8-21-13)10-16-15(20)11-22-12-5-2-1-3-6-12/h1-9H,10-11H2,(H,16,20)(H,18,19)/b17-9-. The first kappa shape index (κ1) is 15.3. The van der Waals surface area contributed by atoms with E-state index in [1.54, 1.807) is 36.4 Å². The molecule has 1 aromatic heterocycles. The van der Waals surface area contributed by atoms with E-state index in [1.165, 1.54) is 12.5 Å². The molecule has 114 valence electrons. The Kier molecular flexibility index (Phi) is 5.74. The molecule has 0 radical (unpaired) electrons. The van der Waals surface area contributed by atoms with E-state index in [9.17, 15) is 9.59 Å². The fourth-order valence-corrected chi connectivity index (χ4v) is 1.47. The first-order chi connectivity index (χ1) is 10.7. The Morgan fingerprint density at radius 1 is 1.14 bits per heavy atom. The molecule has 0 atom stereocenters. The Balaban J connectivity index is 1.62. The Bertz CT molecular complexity index is 624. The van der Waals surface area contributed by atoms with Crippen LogP contribution in [0.5, 0.6) is 5.75 Å². The van der Waals surface area contributed by atoms with Crippen LogP contribution in [0, 0.1) is 0 Å². The molecule has 0 saturated carbocycles. The van der Waals surface area contributed by atoms with Gasteiger partial charge in [-0.05, 0) is 24.3 Å². The smallest absolute Gasteiger partial charge is 0.259 e. The molecule has 2 aromatic rings. The molecule has 0 bridgehead atoms. The van der Waals surface area contributed by atoms with Crippen LogP contribution in [0.3, 0.4) is 0 Å². The topological polar surface area (TPSA) is 92.9 Å². The molecule has 1 aromatic carbocycles. The van der Waals surface area contributed by atoms with Crippen LogP contribution in [-0.2, 0) is 9.59 Å². The summed E-state index contributed by atoms with van der Waals surface area (Å²) in [5.41, 5.74) is 2.27. The number of hydrogen-bond acceptors (Lipinski definition) is 5. The normalized spacial score (nSPS) is 10.4. The summed E-state index contributed by atoms with van der Waals surface area (Å²) in [6.07, 6.45) is 2.86. The molecule has 0 saturated heterocycles. The van der Waals surface area contributed by atoms with Gasteiger partial charge < -0.3 is 14.5 Å². The van der Waals surface area contributed by atoms with E-state index >= 15 is 0 Å². The highest BCUT2D eigenvalue weighted by Crippen LogP contribution is 2.07. The zero-order chi connectivity index (χ0) is 15.6. The highest BCUT2D eigenvalue weighted by Gasteiger charge is 2.05. The molecule has 2 amide bonds. The van der Waals surface area contributed by atoms with Gasteiger partial charge in [-0.15, -0.1) is 0 Å². The fourth-order valence-electron chi connectivity index (χ4n) is 1.47. The second kappa shape index (κ2) is 8.25. The van der Waals surface area contributed by atoms with Gasteiger partial charge in [-0.25, -0.2) is 5.43 Å². The van der Waals surface area contributed by atoms with Crippen LogP contribution in [0.2, 0.25) is 0 Å². The summed E-state index contributed by atoms with van der Waals surface area (Å²) in [7, 11) is 0. The highest BCUT2D eigenvalue weighted by atomic mass is 16.5. The van der Waals surface area contributed by atoms with Crippen molar-refractivity contribution in [2.45, 2.75) is 0 Å². The van der Waals surface area contributed by atoms with Crippen molar-refractivity contribution < 1.29 is 18.7 Å². The summed E-state index contributed by atoms with van der Waals surface area (Å²) >= 11 is 0. The monoisotopic (exact) mass is 301 g/mol. The Labute approximate surface area is 127 Å². The second-order valence-electron chi connectivity index (χ2n) is 4.19. The molecular weight excluding hydrogens is 286 g/mol. The maximum atomic E-state index is 11.5. The van der Waals surface area contributed by atoms with Crippen LogP contribution in [-0.4, -0.2) is 31.2 Å². The average Bonchev–Trinajstić information content (AvgIpc) is 3.05. The SMILES string of the molecule is O=C(COc1ccccc1)NCC(=O)N/N=C\c1ccco1. The zero-order valence-corrected chi connectivity index (χ0v) is 11.7. The summed E-state index contributed by atoms with van der Waals surface area (Å²) in [5, 5.41) is 6.11. The number of amides is 2. The molecule has 0 aliphatic heterocycles. The number of nitrogens with one attached hydrogen (secondary N) is 2. The number of benzene rings is 1. The Morgan fingerprint density at radius 3 is 2.68 bits per heavy atom. The van der Waals surface area contributed by atoms with Gasteiger partial charge in [0, 0.05) is 0 Å². The van der Waals surface area contributed by atoms with Crippen LogP contribution in [0.1, 0.15) is 5.76 Å². The number of nitrogens with zero attached hydrogens (tertiary/aromatic N) is 1. The third-order valence-electron chi connectivity index (χ3n) is 2.48. The third kappa shape index (κ3) is 5.49. The molecule has 7 nitrogen and oxygen atoms in total. The number of para-hydroxylation sites is 1. The van der Waals surface area contributed by atoms with Crippen molar-refractivity contribution in [2.75, 3.05) is 13.2 Å². The maximum absolute atomic E-state index is 11.5. The lowest BCUT2D eigenvalue weighted by atomic mass is 10.3. The second-order valence-corrected chi connectivity index (χ2v) is 4.19. The van der Waals surface area contributed by atoms with Crippen molar-refractivity contribution in [2.24, 2.45) is 5.10 Å². The van der Waals surface area contributed by atoms with Crippen LogP contribution < -0.4 is 15.5 Å². The lowest BCUT2D eigenvalue weighted by molar-refractivity contribution is -0.127. The van der Waals surface area contributed by atoms with E-state index < -0.39 is 11.8 Å². The molecule has 0 spiro atoms. The number of rotatable bonds is 7. The molecule has 0 unspecified atom stereocenters. The van der Waals surface area contributed by atoms with Gasteiger partial charge in [-0.1, -0.05) is 18.2 Å².